The minimum Gasteiger partial charge on any atom is -0.386 e. The second-order valence-corrected chi connectivity index (χ2v) is 11.9. The zero-order valence-electron chi connectivity index (χ0n) is 20.8. The normalized spacial score (nSPS) is 14.2. The van der Waals surface area contributed by atoms with Crippen LogP contribution in [0.3, 0.4) is 0 Å². The first kappa shape index (κ1) is 25.2. The number of carbonyl (C=O) groups is 4. The molecule has 0 atom stereocenters. The van der Waals surface area contributed by atoms with Crippen molar-refractivity contribution in [2.45, 2.75) is 38.8 Å². The highest BCUT2D eigenvalue weighted by Gasteiger charge is 2.31. The van der Waals surface area contributed by atoms with Gasteiger partial charge in [0.25, 0.3) is 0 Å². The summed E-state index contributed by atoms with van der Waals surface area (Å²) in [5, 5.41) is 0. The highest BCUT2D eigenvalue weighted by atomic mass is 32.2. The fourth-order valence-corrected chi connectivity index (χ4v) is 6.29. The molecule has 8 heteroatoms. The Morgan fingerprint density at radius 3 is 1.18 bits per heavy atom. The van der Waals surface area contributed by atoms with E-state index in [0.29, 0.717) is 22.3 Å². The van der Waals surface area contributed by atoms with Crippen molar-refractivity contribution >= 4 is 47.4 Å². The molecule has 0 saturated heterocycles. The largest absolute Gasteiger partial charge is 0.386 e. The van der Waals surface area contributed by atoms with E-state index in [1.807, 2.05) is 36.4 Å². The van der Waals surface area contributed by atoms with E-state index >= 15 is 0 Å². The fraction of sp³-hybridized carbons (Fsp3) is 0.0968. The summed E-state index contributed by atoms with van der Waals surface area (Å²) in [5.41, 5.74) is 3.27. The molecule has 0 saturated carbocycles. The van der Waals surface area contributed by atoms with Crippen LogP contribution in [0.2, 0.25) is 0 Å². The van der Waals surface area contributed by atoms with Crippen LogP contribution in [-0.2, 0) is 14.9 Å². The van der Waals surface area contributed by atoms with Crippen LogP contribution in [0.1, 0.15) is 66.4 Å². The van der Waals surface area contributed by atoms with Crippen molar-refractivity contribution in [1.82, 2.24) is 0 Å². The molecule has 0 bridgehead atoms. The van der Waals surface area contributed by atoms with E-state index < -0.39 is 23.9 Å². The van der Waals surface area contributed by atoms with Crippen molar-refractivity contribution < 1.29 is 28.7 Å². The molecule has 0 aliphatic carbocycles. The third-order valence-corrected chi connectivity index (χ3v) is 8.85. The zero-order valence-corrected chi connectivity index (χ0v) is 22.5. The van der Waals surface area contributed by atoms with Gasteiger partial charge >= 0.3 is 23.9 Å². The topological polar surface area (TPSA) is 86.7 Å². The molecule has 0 aromatic heterocycles. The molecule has 0 spiro atoms. The van der Waals surface area contributed by atoms with Gasteiger partial charge in [0, 0.05) is 25.0 Å². The van der Waals surface area contributed by atoms with Crippen LogP contribution in [0, 0.1) is 0 Å². The van der Waals surface area contributed by atoms with Crippen molar-refractivity contribution in [3.05, 3.63) is 118 Å². The van der Waals surface area contributed by atoms with Gasteiger partial charge in [-0.1, -0.05) is 61.6 Å². The van der Waals surface area contributed by atoms with Crippen molar-refractivity contribution in [2.75, 3.05) is 0 Å². The Bertz CT molecular complexity index is 1560. The predicted octanol–water partition coefficient (Wildman–Crippen LogP) is 6.94. The van der Waals surface area contributed by atoms with Crippen LogP contribution in [0.25, 0.3) is 0 Å². The molecule has 6 nitrogen and oxygen atoms in total. The highest BCUT2D eigenvalue weighted by molar-refractivity contribution is 7.99. The molecular weight excluding hydrogens is 532 g/mol. The van der Waals surface area contributed by atoms with Crippen LogP contribution in [0.15, 0.2) is 105 Å². The number of hydrogen-bond acceptors (Lipinski definition) is 8. The van der Waals surface area contributed by atoms with Crippen molar-refractivity contribution in [2.24, 2.45) is 0 Å². The molecule has 2 aliphatic heterocycles. The molecular formula is C31H20O6S2. The van der Waals surface area contributed by atoms with Crippen molar-refractivity contribution in [3.8, 4) is 0 Å². The SMILES string of the molecule is CC(C)(c1ccc(Sc2ccc3c(c2)C(=O)OC3=O)cc1)c1ccc(Sc2ccc3c(c2)C(=O)OC3=O)cc1. The van der Waals surface area contributed by atoms with Gasteiger partial charge in [0.15, 0.2) is 0 Å². The van der Waals surface area contributed by atoms with Gasteiger partial charge in [0.05, 0.1) is 22.3 Å². The Hall–Kier alpha value is -4.14. The highest BCUT2D eigenvalue weighted by Crippen LogP contribution is 2.37. The van der Waals surface area contributed by atoms with Crippen LogP contribution in [0.4, 0.5) is 0 Å². The first-order valence-electron chi connectivity index (χ1n) is 12.1. The van der Waals surface area contributed by atoms with Gasteiger partial charge < -0.3 is 9.47 Å². The Balaban J connectivity index is 1.15. The Morgan fingerprint density at radius 1 is 0.462 bits per heavy atom. The second-order valence-electron chi connectivity index (χ2n) is 9.65. The Kier molecular flexibility index (Phi) is 6.16. The maximum absolute atomic E-state index is 11.9. The average Bonchev–Trinajstić information content (AvgIpc) is 3.37. The molecule has 192 valence electrons. The lowest BCUT2D eigenvalue weighted by molar-refractivity contribution is 0.0425. The number of hydrogen-bond donors (Lipinski definition) is 0. The summed E-state index contributed by atoms with van der Waals surface area (Å²) >= 11 is 3.03. The molecule has 0 unspecified atom stereocenters. The predicted molar refractivity (Wildman–Crippen MR) is 146 cm³/mol. The van der Waals surface area contributed by atoms with E-state index in [1.54, 1.807) is 24.3 Å². The second kappa shape index (κ2) is 9.55. The Morgan fingerprint density at radius 2 is 0.795 bits per heavy atom. The smallest absolute Gasteiger partial charge is 0.346 e. The van der Waals surface area contributed by atoms with Gasteiger partial charge in [0.1, 0.15) is 0 Å². The summed E-state index contributed by atoms with van der Waals surface area (Å²) in [6.45, 7) is 4.34. The fourth-order valence-electron chi connectivity index (χ4n) is 4.57. The lowest BCUT2D eigenvalue weighted by atomic mass is 9.78. The molecule has 0 N–H and O–H groups in total. The molecule has 39 heavy (non-hydrogen) atoms. The molecule has 4 aromatic rings. The summed E-state index contributed by atoms with van der Waals surface area (Å²) in [4.78, 5) is 50.8. The van der Waals surface area contributed by atoms with Gasteiger partial charge in [-0.25, -0.2) is 19.2 Å². The molecule has 6 rings (SSSR count). The summed E-state index contributed by atoms with van der Waals surface area (Å²) in [5.74, 6) is -2.41. The standard InChI is InChI=1S/C31H20O6S2/c1-31(2,17-3-7-19(8-4-17)38-21-11-13-23-25(15-21)29(34)36-27(23)32)18-5-9-20(10-6-18)39-22-12-14-24-26(16-22)30(35)37-28(24)33/h3-16H,1-2H3. The van der Waals surface area contributed by atoms with E-state index in [9.17, 15) is 19.2 Å². The number of carbonyl (C=O) groups excluding carboxylic acids is 4. The van der Waals surface area contributed by atoms with E-state index in [1.165, 1.54) is 23.5 Å². The molecule has 2 aliphatic rings. The molecule has 2 heterocycles. The van der Waals surface area contributed by atoms with E-state index in [0.717, 1.165) is 30.7 Å². The summed E-state index contributed by atoms with van der Waals surface area (Å²) < 4.78 is 9.35. The summed E-state index contributed by atoms with van der Waals surface area (Å²) in [6, 6.07) is 26.9. The van der Waals surface area contributed by atoms with Crippen molar-refractivity contribution in [1.29, 1.82) is 0 Å². The van der Waals surface area contributed by atoms with Crippen LogP contribution in [-0.4, -0.2) is 23.9 Å². The van der Waals surface area contributed by atoms with E-state index in [2.05, 4.69) is 47.6 Å². The quantitative estimate of drug-likeness (QED) is 0.188. The van der Waals surface area contributed by atoms with Gasteiger partial charge in [-0.2, -0.15) is 0 Å². The molecule has 4 aromatic carbocycles. The first-order valence-corrected chi connectivity index (χ1v) is 13.7. The van der Waals surface area contributed by atoms with Crippen molar-refractivity contribution in [3.63, 3.8) is 0 Å². The number of fused-ring (bicyclic) bond motifs is 2. The summed E-state index contributed by atoms with van der Waals surface area (Å²) in [6.07, 6.45) is 0. The van der Waals surface area contributed by atoms with Crippen LogP contribution in [0.5, 0.6) is 0 Å². The maximum Gasteiger partial charge on any atom is 0.346 e. The van der Waals surface area contributed by atoms with E-state index in [4.69, 9.17) is 0 Å². The van der Waals surface area contributed by atoms with Gasteiger partial charge in [-0.15, -0.1) is 0 Å². The number of esters is 4. The molecule has 0 amide bonds. The van der Waals surface area contributed by atoms with Crippen LogP contribution >= 0.6 is 23.5 Å². The third-order valence-electron chi connectivity index (χ3n) is 6.86. The zero-order chi connectivity index (χ0) is 27.3. The van der Waals surface area contributed by atoms with Gasteiger partial charge in [0.2, 0.25) is 0 Å². The lowest BCUT2D eigenvalue weighted by Crippen LogP contribution is -2.18. The van der Waals surface area contributed by atoms with E-state index in [-0.39, 0.29) is 5.41 Å². The number of rotatable bonds is 6. The first-order chi connectivity index (χ1) is 18.7. The average molecular weight is 553 g/mol. The number of cyclic esters (lactones) is 4. The third kappa shape index (κ3) is 4.66. The number of benzene rings is 4. The lowest BCUT2D eigenvalue weighted by Gasteiger charge is -2.26. The van der Waals surface area contributed by atoms with Gasteiger partial charge in [-0.3, -0.25) is 0 Å². The maximum atomic E-state index is 11.9. The number of ether oxygens (including phenoxy) is 2. The monoisotopic (exact) mass is 552 g/mol. The minimum atomic E-state index is -0.604. The molecule has 0 fully saturated rings. The minimum absolute atomic E-state index is 0.248. The molecule has 0 radical (unpaired) electrons. The Labute approximate surface area is 232 Å². The van der Waals surface area contributed by atoms with Gasteiger partial charge in [-0.05, 0) is 71.8 Å². The van der Waals surface area contributed by atoms with Crippen LogP contribution < -0.4 is 0 Å². The summed E-state index contributed by atoms with van der Waals surface area (Å²) in [7, 11) is 0.